The van der Waals surface area contributed by atoms with Crippen LogP contribution >= 0.6 is 11.6 Å². The maximum Gasteiger partial charge on any atom is 0.223 e. The van der Waals surface area contributed by atoms with Gasteiger partial charge in [0, 0.05) is 49.6 Å². The molecule has 5 aliphatic rings. The Balaban J connectivity index is 1.09. The van der Waals surface area contributed by atoms with Crippen LogP contribution in [0.4, 0.5) is 0 Å². The third-order valence-corrected chi connectivity index (χ3v) is 9.19. The summed E-state index contributed by atoms with van der Waals surface area (Å²) in [7, 11) is 0. The van der Waals surface area contributed by atoms with E-state index >= 15 is 0 Å². The minimum absolute atomic E-state index is 0.0541. The summed E-state index contributed by atoms with van der Waals surface area (Å²) >= 11 is 6.52. The fourth-order valence-corrected chi connectivity index (χ4v) is 7.21. The Hall–Kier alpha value is -0.520. The van der Waals surface area contributed by atoms with Crippen LogP contribution in [0.3, 0.4) is 0 Å². The van der Waals surface area contributed by atoms with Gasteiger partial charge in [-0.2, -0.15) is 0 Å². The Kier molecular flexibility index (Phi) is 8.64. The summed E-state index contributed by atoms with van der Waals surface area (Å²) < 4.78 is 6.16. The number of ether oxygens (including phenoxy) is 1. The molecule has 5 rings (SSSR count). The van der Waals surface area contributed by atoms with Gasteiger partial charge in [-0.1, -0.05) is 6.42 Å². The minimum Gasteiger partial charge on any atom is -0.375 e. The lowest BCUT2D eigenvalue weighted by Crippen LogP contribution is -2.56. The number of rotatable bonds is 6. The van der Waals surface area contributed by atoms with Crippen molar-refractivity contribution in [3.05, 3.63) is 0 Å². The molecular weight excluding hydrogens is 454 g/mol. The molecule has 1 saturated carbocycles. The van der Waals surface area contributed by atoms with Gasteiger partial charge in [0.25, 0.3) is 0 Å². The lowest BCUT2D eigenvalue weighted by molar-refractivity contribution is -0.127. The topological polar surface area (TPSA) is 102 Å². The number of carbonyl (C=O) groups is 1. The summed E-state index contributed by atoms with van der Waals surface area (Å²) in [6, 6.07) is 0.588. The van der Waals surface area contributed by atoms with E-state index in [2.05, 4.69) is 43.9 Å². The van der Waals surface area contributed by atoms with Gasteiger partial charge in [-0.05, 0) is 58.5 Å². The van der Waals surface area contributed by atoms with E-state index in [1.54, 1.807) is 0 Å². The van der Waals surface area contributed by atoms with Crippen LogP contribution < -0.4 is 32.1 Å². The monoisotopic (exact) mass is 497 g/mol. The van der Waals surface area contributed by atoms with Crippen molar-refractivity contribution in [2.45, 2.75) is 93.8 Å². The highest BCUT2D eigenvalue weighted by molar-refractivity contribution is 6.21. The van der Waals surface area contributed by atoms with E-state index in [1.807, 2.05) is 0 Å². The van der Waals surface area contributed by atoms with Crippen LogP contribution in [0.5, 0.6) is 0 Å². The third kappa shape index (κ3) is 5.72. The zero-order chi connectivity index (χ0) is 23.5. The molecule has 5 fully saturated rings. The maximum atomic E-state index is 13.1. The van der Waals surface area contributed by atoms with Crippen LogP contribution in [0.2, 0.25) is 0 Å². The Bertz CT molecular complexity index is 688. The van der Waals surface area contributed by atoms with Crippen LogP contribution in [0.15, 0.2) is 0 Å². The number of nitrogens with one attached hydrogen (secondary N) is 6. The molecule has 10 heteroatoms. The molecule has 8 unspecified atom stereocenters. The maximum absolute atomic E-state index is 13.1. The summed E-state index contributed by atoms with van der Waals surface area (Å²) in [5.41, 5.74) is 7.10. The average Bonchev–Trinajstić information content (AvgIpc) is 3.16. The van der Waals surface area contributed by atoms with Crippen molar-refractivity contribution in [2.24, 2.45) is 11.8 Å². The molecule has 6 N–H and O–H groups in total. The molecule has 4 aliphatic heterocycles. The quantitative estimate of drug-likeness (QED) is 0.287. The highest BCUT2D eigenvalue weighted by atomic mass is 35.5. The van der Waals surface area contributed by atoms with Crippen LogP contribution in [-0.2, 0) is 9.53 Å². The van der Waals surface area contributed by atoms with E-state index in [4.69, 9.17) is 16.3 Å². The summed E-state index contributed by atoms with van der Waals surface area (Å²) in [5, 5.41) is 14.1. The molecule has 9 nitrogen and oxygen atoms in total. The first kappa shape index (κ1) is 25.1. The Morgan fingerprint density at radius 1 is 1.18 bits per heavy atom. The molecule has 0 aromatic rings. The van der Waals surface area contributed by atoms with Crippen molar-refractivity contribution in [1.29, 1.82) is 0 Å². The molecule has 9 atom stereocenters. The number of amides is 1. The third-order valence-electron chi connectivity index (χ3n) is 8.70. The van der Waals surface area contributed by atoms with E-state index < -0.39 is 0 Å². The number of carbonyl (C=O) groups excluding carboxylic acids is 1. The van der Waals surface area contributed by atoms with Gasteiger partial charge in [-0.25, -0.2) is 10.9 Å². The average molecular weight is 498 g/mol. The number of hydrogen-bond acceptors (Lipinski definition) is 8. The molecule has 194 valence electrons. The van der Waals surface area contributed by atoms with E-state index in [0.29, 0.717) is 24.2 Å². The molecule has 0 bridgehead atoms. The second kappa shape index (κ2) is 11.7. The zero-order valence-corrected chi connectivity index (χ0v) is 21.3. The lowest BCUT2D eigenvalue weighted by atomic mass is 9.84. The van der Waals surface area contributed by atoms with Gasteiger partial charge < -0.3 is 26.0 Å². The van der Waals surface area contributed by atoms with Crippen LogP contribution in [-0.4, -0.2) is 92.1 Å². The molecule has 0 aromatic heterocycles. The predicted octanol–water partition coefficient (Wildman–Crippen LogP) is 0.0692. The van der Waals surface area contributed by atoms with Crippen LogP contribution in [0.1, 0.15) is 51.9 Å². The van der Waals surface area contributed by atoms with Crippen LogP contribution in [0.25, 0.3) is 0 Å². The standard InChI is InChI=1S/C24H44ClN7O2/c1-15(22-19(25)6-3-8-27-22)29-24(33)16-4-2-5-17(12-16)28-14-21-30-31-23-18-7-9-26-13-20(18)34-11-10-32(21)23/h15-23,26-28,30-31H,2-14H2,1H3,(H,29,33)/t15-,16?,17?,18?,19?,20?,21?,22?,23?/m1/s1. The largest absolute Gasteiger partial charge is 0.375 e. The molecule has 0 radical (unpaired) electrons. The first-order chi connectivity index (χ1) is 16.6. The zero-order valence-electron chi connectivity index (χ0n) is 20.5. The fourth-order valence-electron chi connectivity index (χ4n) is 6.75. The molecule has 34 heavy (non-hydrogen) atoms. The predicted molar refractivity (Wildman–Crippen MR) is 133 cm³/mol. The second-order valence-corrected chi connectivity index (χ2v) is 11.5. The van der Waals surface area contributed by atoms with Gasteiger partial charge >= 0.3 is 0 Å². The lowest BCUT2D eigenvalue weighted by Gasteiger charge is -2.36. The SMILES string of the molecule is C[C@@H](NC(=O)C1CCCC(NCC2NNC3C4CCNCC4OCCN23)C1)C1NCCCC1Cl. The number of fused-ring (bicyclic) bond motifs is 3. The Labute approximate surface area is 209 Å². The molecule has 1 amide bonds. The van der Waals surface area contributed by atoms with Gasteiger partial charge in [-0.3, -0.25) is 9.69 Å². The number of alkyl halides is 1. The molecule has 4 saturated heterocycles. The van der Waals surface area contributed by atoms with Gasteiger partial charge in [0.2, 0.25) is 5.91 Å². The minimum atomic E-state index is 0.0541. The van der Waals surface area contributed by atoms with Gasteiger partial charge in [0.1, 0.15) is 0 Å². The molecule has 4 heterocycles. The van der Waals surface area contributed by atoms with Crippen molar-refractivity contribution >= 4 is 17.5 Å². The van der Waals surface area contributed by atoms with E-state index in [0.717, 1.165) is 84.3 Å². The van der Waals surface area contributed by atoms with Crippen molar-refractivity contribution in [3.8, 4) is 0 Å². The summed E-state index contributed by atoms with van der Waals surface area (Å²) in [5.74, 6) is 0.783. The number of hydrazine groups is 1. The first-order valence-electron chi connectivity index (χ1n) is 13.6. The van der Waals surface area contributed by atoms with Crippen molar-refractivity contribution in [2.75, 3.05) is 39.3 Å². The second-order valence-electron chi connectivity index (χ2n) is 11.0. The fraction of sp³-hybridized carbons (Fsp3) is 0.958. The number of halogens is 1. The summed E-state index contributed by atoms with van der Waals surface area (Å²) in [6.07, 6.45) is 8.24. The number of hydrogen-bond donors (Lipinski definition) is 6. The highest BCUT2D eigenvalue weighted by Gasteiger charge is 2.44. The van der Waals surface area contributed by atoms with E-state index in [-0.39, 0.29) is 35.5 Å². The van der Waals surface area contributed by atoms with Crippen LogP contribution in [0, 0.1) is 11.8 Å². The summed E-state index contributed by atoms with van der Waals surface area (Å²) in [6.45, 7) is 7.67. The Morgan fingerprint density at radius 2 is 2.09 bits per heavy atom. The number of nitrogens with zero attached hydrogens (tertiary/aromatic N) is 1. The van der Waals surface area contributed by atoms with Crippen molar-refractivity contribution < 1.29 is 9.53 Å². The van der Waals surface area contributed by atoms with E-state index in [9.17, 15) is 4.79 Å². The normalized spacial score (nSPS) is 42.3. The molecular formula is C24H44ClN7O2. The van der Waals surface area contributed by atoms with Crippen molar-refractivity contribution in [3.63, 3.8) is 0 Å². The number of piperidine rings is 2. The smallest absolute Gasteiger partial charge is 0.223 e. The molecule has 0 spiro atoms. The Morgan fingerprint density at radius 3 is 2.97 bits per heavy atom. The van der Waals surface area contributed by atoms with Gasteiger partial charge in [-0.15, -0.1) is 11.6 Å². The summed E-state index contributed by atoms with van der Waals surface area (Å²) in [4.78, 5) is 15.6. The molecule has 1 aliphatic carbocycles. The highest BCUT2D eigenvalue weighted by Crippen LogP contribution is 2.29. The van der Waals surface area contributed by atoms with E-state index in [1.165, 1.54) is 0 Å². The van der Waals surface area contributed by atoms with Crippen molar-refractivity contribution in [1.82, 2.24) is 37.0 Å². The van der Waals surface area contributed by atoms with Gasteiger partial charge in [0.15, 0.2) is 0 Å². The first-order valence-corrected chi connectivity index (χ1v) is 14.0. The molecule has 0 aromatic carbocycles. The van der Waals surface area contributed by atoms with Gasteiger partial charge in [0.05, 0.1) is 30.4 Å².